The number of hydrogen-bond acceptors (Lipinski definition) is 5. The minimum Gasteiger partial charge on any atom is -0.386 e. The maximum atomic E-state index is 10.1. The molecule has 3 heterocycles. The summed E-state index contributed by atoms with van der Waals surface area (Å²) in [5.74, 6) is 1.58. The Bertz CT molecular complexity index is 609. The zero-order chi connectivity index (χ0) is 14.2. The molecule has 0 unspecified atom stereocenters. The van der Waals surface area contributed by atoms with Crippen LogP contribution in [0.25, 0.3) is 11.4 Å². The van der Waals surface area contributed by atoms with Crippen molar-refractivity contribution in [1.82, 2.24) is 15.0 Å². The maximum absolute atomic E-state index is 10.1. The van der Waals surface area contributed by atoms with Gasteiger partial charge in [0.1, 0.15) is 5.82 Å². The summed E-state index contributed by atoms with van der Waals surface area (Å²) in [4.78, 5) is 15.2. The molecule has 20 heavy (non-hydrogen) atoms. The Hall–Kier alpha value is -2.01. The Balaban J connectivity index is 1.89. The van der Waals surface area contributed by atoms with Crippen molar-refractivity contribution in [3.8, 4) is 11.4 Å². The van der Waals surface area contributed by atoms with Gasteiger partial charge in [-0.1, -0.05) is 6.92 Å². The first kappa shape index (κ1) is 13.0. The summed E-state index contributed by atoms with van der Waals surface area (Å²) in [6.45, 7) is 5.23. The van der Waals surface area contributed by atoms with E-state index < -0.39 is 5.60 Å². The molecule has 0 spiro atoms. The predicted molar refractivity (Wildman–Crippen MR) is 77.5 cm³/mol. The minimum atomic E-state index is -0.560. The second-order valence-corrected chi connectivity index (χ2v) is 5.36. The number of β-amino-alcohol motifs (C(OH)–C–C–N with tert-alkyl or cyclic N) is 1. The van der Waals surface area contributed by atoms with Gasteiger partial charge in [-0.3, -0.25) is 4.98 Å². The molecule has 1 aliphatic heterocycles. The van der Waals surface area contributed by atoms with Gasteiger partial charge in [0.15, 0.2) is 5.82 Å². The fraction of sp³-hybridized carbons (Fsp3) is 0.400. The zero-order valence-electron chi connectivity index (χ0n) is 11.7. The third-order valence-electron chi connectivity index (χ3n) is 3.73. The van der Waals surface area contributed by atoms with Gasteiger partial charge in [-0.15, -0.1) is 0 Å². The van der Waals surface area contributed by atoms with Crippen molar-refractivity contribution in [3.05, 3.63) is 36.3 Å². The van der Waals surface area contributed by atoms with Crippen molar-refractivity contribution >= 4 is 5.82 Å². The molecule has 2 aromatic heterocycles. The first-order chi connectivity index (χ1) is 9.59. The molecule has 0 aromatic carbocycles. The van der Waals surface area contributed by atoms with Crippen molar-refractivity contribution in [1.29, 1.82) is 0 Å². The Morgan fingerprint density at radius 1 is 1.25 bits per heavy atom. The number of pyridine rings is 1. The van der Waals surface area contributed by atoms with Crippen LogP contribution in [0.2, 0.25) is 0 Å². The highest BCUT2D eigenvalue weighted by Gasteiger charge is 2.40. The average Bonchev–Trinajstić information content (AvgIpc) is 2.44. The normalized spacial score (nSPS) is 16.9. The molecular weight excluding hydrogens is 252 g/mol. The molecule has 0 amide bonds. The van der Waals surface area contributed by atoms with E-state index in [0.717, 1.165) is 23.5 Å². The molecule has 1 aliphatic rings. The van der Waals surface area contributed by atoms with Crippen molar-refractivity contribution in [2.24, 2.45) is 0 Å². The summed E-state index contributed by atoms with van der Waals surface area (Å²) in [5.41, 5.74) is 1.32. The van der Waals surface area contributed by atoms with E-state index in [4.69, 9.17) is 0 Å². The monoisotopic (exact) mass is 270 g/mol. The number of aryl methyl sites for hydroxylation is 1. The second-order valence-electron chi connectivity index (χ2n) is 5.36. The summed E-state index contributed by atoms with van der Waals surface area (Å²) < 4.78 is 0. The standard InChI is InChI=1S/C15H18N4O/c1-3-15(20)9-19(10-15)13-8-11(2)17-14(18-13)12-4-6-16-7-5-12/h4-8,20H,3,9-10H2,1-2H3. The number of anilines is 1. The third kappa shape index (κ3) is 2.36. The van der Waals surface area contributed by atoms with E-state index in [1.165, 1.54) is 0 Å². The molecule has 1 saturated heterocycles. The zero-order valence-corrected chi connectivity index (χ0v) is 11.7. The van der Waals surface area contributed by atoms with Crippen molar-refractivity contribution in [3.63, 3.8) is 0 Å². The SMILES string of the molecule is CCC1(O)CN(c2cc(C)nc(-c3ccncc3)n2)C1. The van der Waals surface area contributed by atoms with Gasteiger partial charge in [-0.25, -0.2) is 9.97 Å². The average molecular weight is 270 g/mol. The maximum Gasteiger partial charge on any atom is 0.161 e. The predicted octanol–water partition coefficient (Wildman–Crippen LogP) is 1.81. The fourth-order valence-electron chi connectivity index (χ4n) is 2.39. The van der Waals surface area contributed by atoms with Gasteiger partial charge in [-0.2, -0.15) is 0 Å². The van der Waals surface area contributed by atoms with Gasteiger partial charge < -0.3 is 10.0 Å². The van der Waals surface area contributed by atoms with Crippen LogP contribution < -0.4 is 4.90 Å². The van der Waals surface area contributed by atoms with Gasteiger partial charge >= 0.3 is 0 Å². The van der Waals surface area contributed by atoms with E-state index >= 15 is 0 Å². The van der Waals surface area contributed by atoms with E-state index in [0.29, 0.717) is 18.9 Å². The van der Waals surface area contributed by atoms with Crippen LogP contribution in [0, 0.1) is 6.92 Å². The number of aromatic nitrogens is 3. The van der Waals surface area contributed by atoms with E-state index in [1.54, 1.807) is 12.4 Å². The smallest absolute Gasteiger partial charge is 0.161 e. The summed E-state index contributed by atoms with van der Waals surface area (Å²) in [6, 6.07) is 5.76. The van der Waals surface area contributed by atoms with Gasteiger partial charge in [0.2, 0.25) is 0 Å². The first-order valence-corrected chi connectivity index (χ1v) is 6.83. The molecule has 3 rings (SSSR count). The lowest BCUT2D eigenvalue weighted by atomic mass is 9.91. The lowest BCUT2D eigenvalue weighted by Gasteiger charge is -2.46. The van der Waals surface area contributed by atoms with Crippen molar-refractivity contribution in [2.45, 2.75) is 25.9 Å². The first-order valence-electron chi connectivity index (χ1n) is 6.83. The van der Waals surface area contributed by atoms with Crippen molar-refractivity contribution in [2.75, 3.05) is 18.0 Å². The lowest BCUT2D eigenvalue weighted by molar-refractivity contribution is 0.00805. The fourth-order valence-corrected chi connectivity index (χ4v) is 2.39. The van der Waals surface area contributed by atoms with Crippen LogP contribution in [0.1, 0.15) is 19.0 Å². The number of aliphatic hydroxyl groups is 1. The van der Waals surface area contributed by atoms with E-state index in [1.807, 2.05) is 32.0 Å². The van der Waals surface area contributed by atoms with E-state index in [9.17, 15) is 5.11 Å². The van der Waals surface area contributed by atoms with Crippen LogP contribution in [0.15, 0.2) is 30.6 Å². The second kappa shape index (κ2) is 4.83. The van der Waals surface area contributed by atoms with Crippen LogP contribution >= 0.6 is 0 Å². The lowest BCUT2D eigenvalue weighted by Crippen LogP contribution is -2.61. The molecule has 0 atom stereocenters. The Kier molecular flexibility index (Phi) is 3.14. The summed E-state index contributed by atoms with van der Waals surface area (Å²) in [7, 11) is 0. The van der Waals surface area contributed by atoms with E-state index in [-0.39, 0.29) is 0 Å². The summed E-state index contributed by atoms with van der Waals surface area (Å²) >= 11 is 0. The number of hydrogen-bond donors (Lipinski definition) is 1. The molecule has 2 aromatic rings. The Labute approximate surface area is 118 Å². The van der Waals surface area contributed by atoms with Crippen LogP contribution in [0.4, 0.5) is 5.82 Å². The molecule has 0 bridgehead atoms. The van der Waals surface area contributed by atoms with Crippen LogP contribution in [-0.4, -0.2) is 38.7 Å². The molecule has 0 aliphatic carbocycles. The highest BCUT2D eigenvalue weighted by atomic mass is 16.3. The van der Waals surface area contributed by atoms with Gasteiger partial charge in [0, 0.05) is 42.8 Å². The topological polar surface area (TPSA) is 62.1 Å². The van der Waals surface area contributed by atoms with E-state index in [2.05, 4.69) is 19.9 Å². The highest BCUT2D eigenvalue weighted by Crippen LogP contribution is 2.30. The molecule has 104 valence electrons. The van der Waals surface area contributed by atoms with Crippen LogP contribution in [-0.2, 0) is 0 Å². The molecule has 0 saturated carbocycles. The van der Waals surface area contributed by atoms with Crippen molar-refractivity contribution < 1.29 is 5.11 Å². The molecule has 1 fully saturated rings. The van der Waals surface area contributed by atoms with Crippen LogP contribution in [0.5, 0.6) is 0 Å². The van der Waals surface area contributed by atoms with Crippen LogP contribution in [0.3, 0.4) is 0 Å². The molecule has 1 N–H and O–H groups in total. The molecule has 5 nitrogen and oxygen atoms in total. The summed E-state index contributed by atoms with van der Waals surface area (Å²) in [6.07, 6.45) is 4.24. The van der Waals surface area contributed by atoms with Gasteiger partial charge in [0.05, 0.1) is 5.60 Å². The van der Waals surface area contributed by atoms with Gasteiger partial charge in [-0.05, 0) is 25.5 Å². The molecular formula is C15H18N4O. The molecule has 0 radical (unpaired) electrons. The minimum absolute atomic E-state index is 0.560. The van der Waals surface area contributed by atoms with Gasteiger partial charge in [0.25, 0.3) is 0 Å². The quantitative estimate of drug-likeness (QED) is 0.921. The number of nitrogens with zero attached hydrogens (tertiary/aromatic N) is 4. The Morgan fingerprint density at radius 3 is 2.60 bits per heavy atom. The number of rotatable bonds is 3. The largest absolute Gasteiger partial charge is 0.386 e. The highest BCUT2D eigenvalue weighted by molar-refractivity contribution is 5.58. The Morgan fingerprint density at radius 2 is 1.95 bits per heavy atom. The molecule has 5 heteroatoms. The third-order valence-corrected chi connectivity index (χ3v) is 3.73. The summed E-state index contributed by atoms with van der Waals surface area (Å²) in [5, 5.41) is 10.1.